The second-order valence-corrected chi connectivity index (χ2v) is 9.77. The van der Waals surface area contributed by atoms with Crippen molar-refractivity contribution < 1.29 is 4.79 Å². The zero-order valence-electron chi connectivity index (χ0n) is 19.1. The molecule has 0 amide bonds. The number of aromatic nitrogens is 2. The molecule has 0 saturated carbocycles. The van der Waals surface area contributed by atoms with Crippen LogP contribution in [0.4, 0.5) is 5.95 Å². The van der Waals surface area contributed by atoms with Gasteiger partial charge in [-0.15, -0.1) is 0 Å². The summed E-state index contributed by atoms with van der Waals surface area (Å²) < 4.78 is 0. The van der Waals surface area contributed by atoms with Crippen LogP contribution in [0.2, 0.25) is 0 Å². The fourth-order valence-electron chi connectivity index (χ4n) is 5.53. The van der Waals surface area contributed by atoms with Gasteiger partial charge in [-0.2, -0.15) is 0 Å². The van der Waals surface area contributed by atoms with E-state index < -0.39 is 0 Å². The van der Waals surface area contributed by atoms with Gasteiger partial charge in [-0.3, -0.25) is 9.69 Å². The number of nitrogens with zero attached hydrogens (tertiary/aromatic N) is 5. The van der Waals surface area contributed by atoms with Crippen LogP contribution in [-0.4, -0.2) is 76.4 Å². The molecule has 2 unspecified atom stereocenters. The van der Waals surface area contributed by atoms with Crippen molar-refractivity contribution >= 4 is 11.7 Å². The molecule has 2 bridgehead atoms. The molecule has 1 aromatic heterocycles. The number of carbonyl (C=O) groups excluding carboxylic acids is 1. The van der Waals surface area contributed by atoms with E-state index in [4.69, 9.17) is 9.97 Å². The molecule has 30 heavy (non-hydrogen) atoms. The SMILES string of the molecule is CCC(=O)CCCN1CCC(c2cnc(N3C4CCC3CN(C(C)C)C4)nc2)CC1. The third kappa shape index (κ3) is 4.86. The van der Waals surface area contributed by atoms with Crippen molar-refractivity contribution in [2.75, 3.05) is 37.6 Å². The van der Waals surface area contributed by atoms with E-state index in [1.807, 2.05) is 6.92 Å². The Balaban J connectivity index is 1.28. The molecule has 0 spiro atoms. The molecule has 1 aromatic rings. The van der Waals surface area contributed by atoms with E-state index in [1.54, 1.807) is 0 Å². The fourth-order valence-corrected chi connectivity index (χ4v) is 5.53. The molecule has 4 rings (SSSR count). The highest BCUT2D eigenvalue weighted by atomic mass is 16.1. The van der Waals surface area contributed by atoms with Gasteiger partial charge in [-0.05, 0) is 77.1 Å². The monoisotopic (exact) mass is 413 g/mol. The van der Waals surface area contributed by atoms with Crippen LogP contribution in [0.15, 0.2) is 12.4 Å². The van der Waals surface area contributed by atoms with Crippen LogP contribution in [-0.2, 0) is 4.79 Å². The Morgan fingerprint density at radius 1 is 1.07 bits per heavy atom. The number of likely N-dealkylation sites (tertiary alicyclic amines) is 2. The number of anilines is 1. The first-order chi connectivity index (χ1) is 14.5. The first kappa shape index (κ1) is 21.7. The molecule has 0 N–H and O–H groups in total. The highest BCUT2D eigenvalue weighted by molar-refractivity contribution is 5.77. The van der Waals surface area contributed by atoms with E-state index in [9.17, 15) is 4.79 Å². The Kier molecular flexibility index (Phi) is 7.04. The second kappa shape index (κ2) is 9.73. The average Bonchev–Trinajstić information content (AvgIpc) is 3.03. The van der Waals surface area contributed by atoms with E-state index in [2.05, 4.69) is 40.9 Å². The summed E-state index contributed by atoms with van der Waals surface area (Å²) in [4.78, 5) is 28.8. The zero-order chi connectivity index (χ0) is 21.1. The van der Waals surface area contributed by atoms with Crippen LogP contribution < -0.4 is 4.90 Å². The first-order valence-electron chi connectivity index (χ1n) is 12.1. The van der Waals surface area contributed by atoms with Gasteiger partial charge in [0.2, 0.25) is 5.95 Å². The maximum atomic E-state index is 11.5. The van der Waals surface area contributed by atoms with Gasteiger partial charge < -0.3 is 9.80 Å². The topological polar surface area (TPSA) is 52.6 Å². The summed E-state index contributed by atoms with van der Waals surface area (Å²) in [6.07, 6.45) is 11.5. The number of Topliss-reactive ketones (excluding diaryl/α,β-unsaturated/α-hetero) is 1. The predicted octanol–water partition coefficient (Wildman–Crippen LogP) is 3.48. The molecule has 166 valence electrons. The van der Waals surface area contributed by atoms with Gasteiger partial charge in [0.1, 0.15) is 5.78 Å². The molecule has 2 atom stereocenters. The van der Waals surface area contributed by atoms with Crippen molar-refractivity contribution in [3.05, 3.63) is 18.0 Å². The molecule has 3 saturated heterocycles. The highest BCUT2D eigenvalue weighted by Gasteiger charge is 2.41. The third-order valence-corrected chi connectivity index (χ3v) is 7.51. The number of hydrogen-bond acceptors (Lipinski definition) is 6. The normalized spacial score (nSPS) is 25.9. The smallest absolute Gasteiger partial charge is 0.225 e. The molecule has 0 radical (unpaired) electrons. The lowest BCUT2D eigenvalue weighted by Gasteiger charge is -2.42. The summed E-state index contributed by atoms with van der Waals surface area (Å²) >= 11 is 0. The number of carbonyl (C=O) groups is 1. The van der Waals surface area contributed by atoms with Gasteiger partial charge in [-0.25, -0.2) is 9.97 Å². The van der Waals surface area contributed by atoms with E-state index in [1.165, 1.54) is 31.2 Å². The third-order valence-electron chi connectivity index (χ3n) is 7.51. The number of rotatable bonds is 8. The Morgan fingerprint density at radius 3 is 2.27 bits per heavy atom. The number of fused-ring (bicyclic) bond motifs is 2. The number of hydrogen-bond donors (Lipinski definition) is 0. The van der Waals surface area contributed by atoms with Crippen LogP contribution in [0.3, 0.4) is 0 Å². The molecule has 4 heterocycles. The van der Waals surface area contributed by atoms with Crippen LogP contribution in [0, 0.1) is 0 Å². The summed E-state index contributed by atoms with van der Waals surface area (Å²) in [6, 6.07) is 1.76. The molecule has 6 nitrogen and oxygen atoms in total. The highest BCUT2D eigenvalue weighted by Crippen LogP contribution is 2.34. The van der Waals surface area contributed by atoms with Crippen LogP contribution in [0.25, 0.3) is 0 Å². The quantitative estimate of drug-likeness (QED) is 0.650. The van der Waals surface area contributed by atoms with Gasteiger partial charge in [0.05, 0.1) is 0 Å². The van der Waals surface area contributed by atoms with Gasteiger partial charge >= 0.3 is 0 Å². The Morgan fingerprint density at radius 2 is 1.70 bits per heavy atom. The lowest BCUT2D eigenvalue weighted by atomic mass is 9.91. The molecular formula is C24H39N5O. The van der Waals surface area contributed by atoms with Gasteiger partial charge in [0.15, 0.2) is 0 Å². The van der Waals surface area contributed by atoms with Gasteiger partial charge in [0.25, 0.3) is 0 Å². The molecule has 3 aliphatic rings. The molecule has 6 heteroatoms. The van der Waals surface area contributed by atoms with Crippen molar-refractivity contribution in [2.45, 2.75) is 89.8 Å². The maximum absolute atomic E-state index is 11.5. The first-order valence-corrected chi connectivity index (χ1v) is 12.1. The standard InChI is InChI=1S/C24H39N5O/c1-4-23(30)6-5-11-27-12-9-19(10-13-27)20-14-25-24(26-15-20)29-21-7-8-22(29)17-28(16-21)18(2)3/h14-15,18-19,21-22H,4-13,16-17H2,1-3H3. The van der Waals surface area contributed by atoms with Crippen molar-refractivity contribution in [1.29, 1.82) is 0 Å². The van der Waals surface area contributed by atoms with Crippen molar-refractivity contribution in [1.82, 2.24) is 19.8 Å². The lowest BCUT2D eigenvalue weighted by Crippen LogP contribution is -2.56. The largest absolute Gasteiger partial charge is 0.332 e. The zero-order valence-corrected chi connectivity index (χ0v) is 19.1. The molecule has 0 aromatic carbocycles. The Bertz CT molecular complexity index is 684. The second-order valence-electron chi connectivity index (χ2n) is 9.77. The van der Waals surface area contributed by atoms with E-state index in [0.717, 1.165) is 51.5 Å². The molecular weight excluding hydrogens is 374 g/mol. The van der Waals surface area contributed by atoms with E-state index >= 15 is 0 Å². The fraction of sp³-hybridized carbons (Fsp3) is 0.792. The summed E-state index contributed by atoms with van der Waals surface area (Å²) in [5, 5.41) is 0. The molecule has 3 fully saturated rings. The minimum absolute atomic E-state index is 0.390. The van der Waals surface area contributed by atoms with Crippen molar-refractivity contribution in [3.63, 3.8) is 0 Å². The number of ketones is 1. The molecule has 3 aliphatic heterocycles. The minimum Gasteiger partial charge on any atom is -0.332 e. The Hall–Kier alpha value is -1.53. The number of piperazine rings is 1. The van der Waals surface area contributed by atoms with Crippen LogP contribution >= 0.6 is 0 Å². The van der Waals surface area contributed by atoms with Crippen molar-refractivity contribution in [3.8, 4) is 0 Å². The van der Waals surface area contributed by atoms with Crippen LogP contribution in [0.5, 0.6) is 0 Å². The summed E-state index contributed by atoms with van der Waals surface area (Å²) in [5.74, 6) is 1.90. The molecule has 0 aliphatic carbocycles. The maximum Gasteiger partial charge on any atom is 0.225 e. The average molecular weight is 414 g/mol. The van der Waals surface area contributed by atoms with Crippen molar-refractivity contribution in [2.24, 2.45) is 0 Å². The van der Waals surface area contributed by atoms with Crippen LogP contribution in [0.1, 0.15) is 77.2 Å². The van der Waals surface area contributed by atoms with E-state index in [-0.39, 0.29) is 0 Å². The summed E-state index contributed by atoms with van der Waals surface area (Å²) in [7, 11) is 0. The number of piperidine rings is 1. The minimum atomic E-state index is 0.390. The summed E-state index contributed by atoms with van der Waals surface area (Å²) in [6.45, 7) is 12.1. The summed E-state index contributed by atoms with van der Waals surface area (Å²) in [5.41, 5.74) is 1.30. The Labute approximate surface area is 182 Å². The van der Waals surface area contributed by atoms with Gasteiger partial charge in [-0.1, -0.05) is 6.92 Å². The van der Waals surface area contributed by atoms with Gasteiger partial charge in [0, 0.05) is 56.5 Å². The van der Waals surface area contributed by atoms with E-state index in [0.29, 0.717) is 36.2 Å². The lowest BCUT2D eigenvalue weighted by molar-refractivity contribution is -0.118. The predicted molar refractivity (Wildman–Crippen MR) is 121 cm³/mol.